The van der Waals surface area contributed by atoms with Gasteiger partial charge in [-0.1, -0.05) is 0 Å². The molecule has 0 bridgehead atoms. The van der Waals surface area contributed by atoms with Crippen molar-refractivity contribution in [2.24, 2.45) is 11.7 Å². The molecule has 3 N–H and O–H groups in total. The molecule has 2 saturated carbocycles. The first kappa shape index (κ1) is 7.56. The van der Waals surface area contributed by atoms with Crippen LogP contribution in [-0.4, -0.2) is 18.1 Å². The van der Waals surface area contributed by atoms with Crippen LogP contribution in [0.5, 0.6) is 0 Å². The highest BCUT2D eigenvalue weighted by Gasteiger charge is 2.38. The highest BCUT2D eigenvalue weighted by molar-refractivity contribution is 4.98. The Bertz CT molecular complexity index is 146. The van der Waals surface area contributed by atoms with E-state index in [4.69, 9.17) is 5.73 Å². The van der Waals surface area contributed by atoms with Crippen molar-refractivity contribution >= 4 is 0 Å². The summed E-state index contributed by atoms with van der Waals surface area (Å²) in [7, 11) is 0. The summed E-state index contributed by atoms with van der Waals surface area (Å²) >= 11 is 0. The summed E-state index contributed by atoms with van der Waals surface area (Å²) in [5.41, 5.74) is 6.21. The SMILES string of the molecule is CC(N)(CNC1CC1)C1CC1. The Hall–Kier alpha value is -0.0800. The molecule has 11 heavy (non-hydrogen) atoms. The molecule has 2 nitrogen and oxygen atoms in total. The highest BCUT2D eigenvalue weighted by Crippen LogP contribution is 2.37. The molecule has 0 aromatic rings. The van der Waals surface area contributed by atoms with E-state index in [0.29, 0.717) is 0 Å². The highest BCUT2D eigenvalue weighted by atomic mass is 15.0. The minimum absolute atomic E-state index is 0.0720. The first-order valence-electron chi connectivity index (χ1n) is 4.71. The minimum atomic E-state index is 0.0720. The molecule has 0 heterocycles. The molecule has 0 aliphatic heterocycles. The molecule has 0 spiro atoms. The van der Waals surface area contributed by atoms with Gasteiger partial charge in [0, 0.05) is 18.1 Å². The topological polar surface area (TPSA) is 38.0 Å². The van der Waals surface area contributed by atoms with Gasteiger partial charge in [-0.15, -0.1) is 0 Å². The Kier molecular flexibility index (Phi) is 1.69. The average molecular weight is 154 g/mol. The van der Waals surface area contributed by atoms with Crippen LogP contribution in [0.2, 0.25) is 0 Å². The zero-order valence-corrected chi connectivity index (χ0v) is 7.27. The van der Waals surface area contributed by atoms with E-state index >= 15 is 0 Å². The lowest BCUT2D eigenvalue weighted by atomic mass is 9.97. The number of rotatable bonds is 4. The fourth-order valence-corrected chi connectivity index (χ4v) is 1.54. The van der Waals surface area contributed by atoms with E-state index in [0.717, 1.165) is 18.5 Å². The third kappa shape index (κ3) is 1.94. The van der Waals surface area contributed by atoms with Gasteiger partial charge in [-0.3, -0.25) is 0 Å². The summed E-state index contributed by atoms with van der Waals surface area (Å²) in [6, 6.07) is 0.802. The lowest BCUT2D eigenvalue weighted by Crippen LogP contribution is -2.48. The maximum Gasteiger partial charge on any atom is 0.0280 e. The summed E-state index contributed by atoms with van der Waals surface area (Å²) in [4.78, 5) is 0. The molecule has 2 aliphatic carbocycles. The van der Waals surface area contributed by atoms with Crippen molar-refractivity contribution in [3.05, 3.63) is 0 Å². The van der Waals surface area contributed by atoms with Gasteiger partial charge in [0.2, 0.25) is 0 Å². The van der Waals surface area contributed by atoms with Crippen LogP contribution in [0, 0.1) is 5.92 Å². The minimum Gasteiger partial charge on any atom is -0.324 e. The van der Waals surface area contributed by atoms with Crippen molar-refractivity contribution in [1.82, 2.24) is 5.32 Å². The van der Waals surface area contributed by atoms with Crippen molar-refractivity contribution in [3.8, 4) is 0 Å². The van der Waals surface area contributed by atoms with Crippen LogP contribution in [0.1, 0.15) is 32.6 Å². The fraction of sp³-hybridized carbons (Fsp3) is 1.00. The van der Waals surface area contributed by atoms with Gasteiger partial charge >= 0.3 is 0 Å². The molecule has 2 aliphatic rings. The number of nitrogens with two attached hydrogens (primary N) is 1. The molecule has 1 unspecified atom stereocenters. The number of hydrogen-bond donors (Lipinski definition) is 2. The van der Waals surface area contributed by atoms with Crippen molar-refractivity contribution in [2.75, 3.05) is 6.54 Å². The van der Waals surface area contributed by atoms with E-state index in [1.165, 1.54) is 25.7 Å². The molecule has 0 amide bonds. The Morgan fingerprint density at radius 2 is 2.00 bits per heavy atom. The van der Waals surface area contributed by atoms with E-state index in [-0.39, 0.29) is 5.54 Å². The van der Waals surface area contributed by atoms with Gasteiger partial charge in [0.15, 0.2) is 0 Å². The Morgan fingerprint density at radius 3 is 2.45 bits per heavy atom. The zero-order valence-electron chi connectivity index (χ0n) is 7.27. The zero-order chi connectivity index (χ0) is 7.90. The fourth-order valence-electron chi connectivity index (χ4n) is 1.54. The first-order valence-corrected chi connectivity index (χ1v) is 4.71. The Morgan fingerprint density at radius 1 is 1.36 bits per heavy atom. The molecule has 0 aromatic carbocycles. The van der Waals surface area contributed by atoms with Gasteiger partial charge in [0.05, 0.1) is 0 Å². The quantitative estimate of drug-likeness (QED) is 0.630. The monoisotopic (exact) mass is 154 g/mol. The summed E-state index contributed by atoms with van der Waals surface area (Å²) in [6.07, 6.45) is 5.42. The maximum absolute atomic E-state index is 6.14. The second kappa shape index (κ2) is 2.46. The number of hydrogen-bond acceptors (Lipinski definition) is 2. The van der Waals surface area contributed by atoms with Gasteiger partial charge in [-0.05, 0) is 38.5 Å². The Labute approximate surface area is 68.5 Å². The smallest absolute Gasteiger partial charge is 0.0280 e. The van der Waals surface area contributed by atoms with E-state index in [1.807, 2.05) is 0 Å². The van der Waals surface area contributed by atoms with Gasteiger partial charge in [0.1, 0.15) is 0 Å². The summed E-state index contributed by atoms with van der Waals surface area (Å²) in [6.45, 7) is 3.20. The van der Waals surface area contributed by atoms with Crippen molar-refractivity contribution in [1.29, 1.82) is 0 Å². The summed E-state index contributed by atoms with van der Waals surface area (Å²) in [5.74, 6) is 0.800. The Balaban J connectivity index is 1.72. The molecular weight excluding hydrogens is 136 g/mol. The van der Waals surface area contributed by atoms with Crippen molar-refractivity contribution in [3.63, 3.8) is 0 Å². The van der Waals surface area contributed by atoms with Crippen LogP contribution < -0.4 is 11.1 Å². The van der Waals surface area contributed by atoms with E-state index in [2.05, 4.69) is 12.2 Å². The molecule has 64 valence electrons. The van der Waals surface area contributed by atoms with Crippen LogP contribution in [0.3, 0.4) is 0 Å². The van der Waals surface area contributed by atoms with Crippen LogP contribution in [0.15, 0.2) is 0 Å². The molecular formula is C9H18N2. The van der Waals surface area contributed by atoms with E-state index < -0.39 is 0 Å². The molecule has 0 saturated heterocycles. The van der Waals surface area contributed by atoms with Crippen LogP contribution in [0.4, 0.5) is 0 Å². The molecule has 0 aromatic heterocycles. The molecule has 2 rings (SSSR count). The molecule has 0 radical (unpaired) electrons. The van der Waals surface area contributed by atoms with E-state index in [9.17, 15) is 0 Å². The number of nitrogens with one attached hydrogen (secondary N) is 1. The van der Waals surface area contributed by atoms with Crippen LogP contribution in [0.25, 0.3) is 0 Å². The summed E-state index contributed by atoms with van der Waals surface area (Å²) < 4.78 is 0. The van der Waals surface area contributed by atoms with E-state index in [1.54, 1.807) is 0 Å². The standard InChI is InChI=1S/C9H18N2/c1-9(10,7-2-3-7)6-11-8-4-5-8/h7-8,11H,2-6,10H2,1H3. The average Bonchev–Trinajstić information content (AvgIpc) is 2.79. The molecule has 1 atom stereocenters. The van der Waals surface area contributed by atoms with Crippen molar-refractivity contribution < 1.29 is 0 Å². The molecule has 2 fully saturated rings. The van der Waals surface area contributed by atoms with Gasteiger partial charge in [-0.25, -0.2) is 0 Å². The van der Waals surface area contributed by atoms with Gasteiger partial charge in [-0.2, -0.15) is 0 Å². The van der Waals surface area contributed by atoms with Gasteiger partial charge in [0.25, 0.3) is 0 Å². The molecule has 2 heteroatoms. The van der Waals surface area contributed by atoms with Crippen LogP contribution in [-0.2, 0) is 0 Å². The largest absolute Gasteiger partial charge is 0.324 e. The third-order valence-electron chi connectivity index (χ3n) is 2.86. The second-order valence-electron chi connectivity index (χ2n) is 4.44. The predicted molar refractivity (Wildman–Crippen MR) is 46.3 cm³/mol. The lowest BCUT2D eigenvalue weighted by Gasteiger charge is -2.24. The lowest BCUT2D eigenvalue weighted by molar-refractivity contribution is 0.379. The summed E-state index contributed by atoms with van der Waals surface area (Å²) in [5, 5.41) is 3.49. The van der Waals surface area contributed by atoms with Crippen molar-refractivity contribution in [2.45, 2.75) is 44.2 Å². The second-order valence-corrected chi connectivity index (χ2v) is 4.44. The predicted octanol–water partition coefficient (Wildman–Crippen LogP) is 0.866. The normalized spacial score (nSPS) is 30.0. The first-order chi connectivity index (χ1) is 5.18. The van der Waals surface area contributed by atoms with Gasteiger partial charge < -0.3 is 11.1 Å². The van der Waals surface area contributed by atoms with Crippen LogP contribution >= 0.6 is 0 Å². The third-order valence-corrected chi connectivity index (χ3v) is 2.86. The maximum atomic E-state index is 6.14.